The first-order valence-electron chi connectivity index (χ1n) is 13.4. The van der Waals surface area contributed by atoms with Crippen LogP contribution in [-0.4, -0.2) is 63.2 Å². The average Bonchev–Trinajstić information content (AvgIpc) is 3.51. The Hall–Kier alpha value is -4.07. The molecule has 38 heavy (non-hydrogen) atoms. The highest BCUT2D eigenvalue weighted by Crippen LogP contribution is 2.42. The van der Waals surface area contributed by atoms with Gasteiger partial charge in [0, 0.05) is 34.9 Å². The number of nitrogens with zero attached hydrogens (tertiary/aromatic N) is 6. The molecule has 0 radical (unpaired) electrons. The van der Waals surface area contributed by atoms with E-state index in [-0.39, 0.29) is 22.8 Å². The lowest BCUT2D eigenvalue weighted by atomic mass is 9.92. The van der Waals surface area contributed by atoms with Crippen LogP contribution in [0.25, 0.3) is 5.57 Å². The number of rotatable bonds is 6. The van der Waals surface area contributed by atoms with Gasteiger partial charge in [-0.15, -0.1) is 0 Å². The molecule has 5 rings (SSSR count). The van der Waals surface area contributed by atoms with Gasteiger partial charge in [0.2, 0.25) is 5.91 Å². The van der Waals surface area contributed by atoms with Crippen molar-refractivity contribution in [2.45, 2.75) is 31.2 Å². The Bertz CT molecular complexity index is 1650. The zero-order valence-electron chi connectivity index (χ0n) is 24.2. The number of aliphatic hydroxyl groups excluding tert-OH is 1. The summed E-state index contributed by atoms with van der Waals surface area (Å²) in [4.78, 5) is 22.5. The van der Waals surface area contributed by atoms with Gasteiger partial charge in [-0.3, -0.25) is 15.4 Å². The lowest BCUT2D eigenvalue weighted by molar-refractivity contribution is -0.128. The van der Waals surface area contributed by atoms with Gasteiger partial charge in [0.1, 0.15) is 12.0 Å². The number of carbonyl (C=O) groups is 1. The van der Waals surface area contributed by atoms with Crippen molar-refractivity contribution in [2.75, 3.05) is 11.6 Å². The van der Waals surface area contributed by atoms with E-state index in [4.69, 9.17) is 28.0 Å². The first-order valence-corrected chi connectivity index (χ1v) is 11.3. The lowest BCUT2D eigenvalue weighted by Gasteiger charge is -2.33. The second kappa shape index (κ2) is 10.0. The van der Waals surface area contributed by atoms with Crippen LogP contribution in [0.1, 0.15) is 31.6 Å². The quantitative estimate of drug-likeness (QED) is 0.183. The van der Waals surface area contributed by atoms with Gasteiger partial charge in [-0.2, -0.15) is 5.53 Å². The van der Waals surface area contributed by atoms with Crippen LogP contribution in [0.15, 0.2) is 68.5 Å². The molecule has 14 heteroatoms. The molecule has 4 N–H and O–H groups in total. The summed E-state index contributed by atoms with van der Waals surface area (Å²) in [6.07, 6.45) is -2.10. The van der Waals surface area contributed by atoms with E-state index < -0.39 is 77.2 Å². The Morgan fingerprint density at radius 3 is 2.92 bits per heavy atom. The standard InChI is InChI=1S/C24H21ClF2N8O3/c25-15-2-4-17(33(11-28)32-29)21(23(15)27)12-7-13-1-3-18(35(13)20(37)8-12)24-30-9-16(31-24)14-5-6-34(38)19(10-36)22(14)26/h2,4-6,8-9,11,13,18,28-29,36,38H,1,3,7,10H2/b16-14-,28-11?,32-29?/t13-,18+/m1/s1/i1D2,7D2,13D. The normalized spacial score (nSPS) is 31.1. The molecule has 2 atom stereocenters. The van der Waals surface area contributed by atoms with Crippen molar-refractivity contribution in [3.63, 3.8) is 0 Å². The van der Waals surface area contributed by atoms with Gasteiger partial charge in [-0.05, 0) is 42.9 Å². The molecule has 4 aliphatic rings. The third-order valence-electron chi connectivity index (χ3n) is 6.02. The topological polar surface area (TPSA) is 152 Å². The number of hydroxylamine groups is 2. The molecule has 0 spiro atoms. The van der Waals surface area contributed by atoms with Crippen LogP contribution in [0, 0.1) is 16.8 Å². The maximum absolute atomic E-state index is 15.5. The van der Waals surface area contributed by atoms with Crippen LogP contribution >= 0.6 is 11.6 Å². The van der Waals surface area contributed by atoms with Crippen molar-refractivity contribution < 1.29 is 30.7 Å². The molecule has 0 saturated carbocycles. The minimum atomic E-state index is -3.14. The maximum Gasteiger partial charge on any atom is 0.247 e. The summed E-state index contributed by atoms with van der Waals surface area (Å²) in [5, 5.41) is 30.1. The zero-order chi connectivity index (χ0) is 31.6. The summed E-state index contributed by atoms with van der Waals surface area (Å²) in [7, 11) is 0. The van der Waals surface area contributed by atoms with E-state index in [9.17, 15) is 20.9 Å². The second-order valence-electron chi connectivity index (χ2n) is 8.07. The van der Waals surface area contributed by atoms with Gasteiger partial charge in [0.25, 0.3) is 0 Å². The van der Waals surface area contributed by atoms with Gasteiger partial charge in [-0.1, -0.05) is 16.8 Å². The number of aliphatic hydroxyl groups is 1. The highest BCUT2D eigenvalue weighted by atomic mass is 35.5. The second-order valence-corrected chi connectivity index (χ2v) is 8.48. The molecule has 1 fully saturated rings. The summed E-state index contributed by atoms with van der Waals surface area (Å²) in [6, 6.07) is -2.26. The third-order valence-corrected chi connectivity index (χ3v) is 6.31. The van der Waals surface area contributed by atoms with Crippen LogP contribution in [0.5, 0.6) is 0 Å². The first kappa shape index (κ1) is 20.0. The van der Waals surface area contributed by atoms with Crippen LogP contribution in [0.4, 0.5) is 14.5 Å². The highest BCUT2D eigenvalue weighted by Gasteiger charge is 2.43. The Morgan fingerprint density at radius 2 is 2.21 bits per heavy atom. The maximum atomic E-state index is 15.5. The number of hydrogen-bond acceptors (Lipinski definition) is 9. The smallest absolute Gasteiger partial charge is 0.247 e. The predicted octanol–water partition coefficient (Wildman–Crippen LogP) is 4.11. The summed E-state index contributed by atoms with van der Waals surface area (Å²) in [5.41, 5.74) is 4.74. The zero-order valence-corrected chi connectivity index (χ0v) is 19.9. The number of anilines is 1. The van der Waals surface area contributed by atoms with Crippen molar-refractivity contribution in [1.82, 2.24) is 9.96 Å². The van der Waals surface area contributed by atoms with Gasteiger partial charge in [-0.25, -0.2) is 28.8 Å². The summed E-state index contributed by atoms with van der Waals surface area (Å²) in [5.74, 6) is -3.60. The van der Waals surface area contributed by atoms with Crippen LogP contribution in [0.3, 0.4) is 0 Å². The number of carbonyl (C=O) groups excluding carboxylic acids is 1. The number of allylic oxidation sites excluding steroid dienone is 4. The van der Waals surface area contributed by atoms with E-state index in [1.165, 1.54) is 0 Å². The molecule has 1 amide bonds. The van der Waals surface area contributed by atoms with Crippen molar-refractivity contribution in [1.29, 1.82) is 10.9 Å². The SMILES string of the molecule is [2H]C1([2H])C[C@@H](C2=N/C(=C3/C=CN(O)C(CO)=C3F)C=N2)N2C(=O)C=C(c3c(N(C=N)N=N)ccc(Cl)c3F)C([2H])([2H])[C@]21[2H]. The summed E-state index contributed by atoms with van der Waals surface area (Å²) >= 11 is 5.96. The van der Waals surface area contributed by atoms with Gasteiger partial charge >= 0.3 is 0 Å². The van der Waals surface area contributed by atoms with E-state index in [2.05, 4.69) is 15.2 Å². The molecule has 0 unspecified atom stereocenters. The Kier molecular flexibility index (Phi) is 5.26. The Labute approximate surface area is 227 Å². The molecule has 196 valence electrons. The summed E-state index contributed by atoms with van der Waals surface area (Å²) in [6.45, 7) is -0.851. The average molecular weight is 548 g/mol. The molecule has 1 aromatic carbocycles. The summed E-state index contributed by atoms with van der Waals surface area (Å²) < 4.78 is 75.0. The third kappa shape index (κ3) is 4.14. The minimum Gasteiger partial charge on any atom is -0.390 e. The van der Waals surface area contributed by atoms with Gasteiger partial charge in [0.05, 0.1) is 36.6 Å². The number of halogens is 3. The molecule has 1 saturated heterocycles. The molecule has 0 bridgehead atoms. The fourth-order valence-electron chi connectivity index (χ4n) is 4.23. The molecule has 4 heterocycles. The van der Waals surface area contributed by atoms with E-state index in [0.717, 1.165) is 30.6 Å². The highest BCUT2D eigenvalue weighted by molar-refractivity contribution is 6.31. The molecular formula is C24H21ClF2N8O3. The number of amidine groups is 1. The Balaban J connectivity index is 1.66. The molecule has 0 aromatic heterocycles. The van der Waals surface area contributed by atoms with Crippen LogP contribution in [-0.2, 0) is 4.79 Å². The van der Waals surface area contributed by atoms with E-state index >= 15 is 4.39 Å². The van der Waals surface area contributed by atoms with E-state index in [1.54, 1.807) is 0 Å². The number of amides is 1. The fraction of sp³-hybridized carbons (Fsp3) is 0.250. The van der Waals surface area contributed by atoms with E-state index in [0.29, 0.717) is 27.4 Å². The van der Waals surface area contributed by atoms with Gasteiger partial charge < -0.3 is 10.0 Å². The van der Waals surface area contributed by atoms with Crippen molar-refractivity contribution in [3.8, 4) is 0 Å². The fourth-order valence-corrected chi connectivity index (χ4v) is 4.39. The number of nitrogens with one attached hydrogen (secondary N) is 2. The number of aliphatic imine (C=N–C) groups is 2. The predicted molar refractivity (Wildman–Crippen MR) is 135 cm³/mol. The Morgan fingerprint density at radius 1 is 1.42 bits per heavy atom. The van der Waals surface area contributed by atoms with Crippen LogP contribution < -0.4 is 5.01 Å². The number of fused-ring (bicyclic) bond motifs is 1. The van der Waals surface area contributed by atoms with Crippen molar-refractivity contribution in [2.24, 2.45) is 15.2 Å². The molecule has 1 aromatic rings. The molecule has 0 aliphatic carbocycles. The first-order chi connectivity index (χ1) is 20.2. The largest absolute Gasteiger partial charge is 0.390 e. The van der Waals surface area contributed by atoms with Crippen LogP contribution in [0.2, 0.25) is 5.02 Å². The molecule has 11 nitrogen and oxygen atoms in total. The molecular weight excluding hydrogens is 522 g/mol. The monoisotopic (exact) mass is 547 g/mol. The lowest BCUT2D eigenvalue weighted by Crippen LogP contribution is -2.45. The molecule has 4 aliphatic heterocycles. The minimum absolute atomic E-state index is 0.105. The van der Waals surface area contributed by atoms with Crippen molar-refractivity contribution >= 4 is 47.2 Å². The van der Waals surface area contributed by atoms with Gasteiger partial charge in [0.15, 0.2) is 17.5 Å². The number of hydrogen-bond donors (Lipinski definition) is 4. The van der Waals surface area contributed by atoms with Crippen molar-refractivity contribution in [3.05, 3.63) is 69.7 Å². The van der Waals surface area contributed by atoms with E-state index in [1.807, 2.05) is 0 Å². The number of benzene rings is 1.